The summed E-state index contributed by atoms with van der Waals surface area (Å²) < 4.78 is 30.4. The zero-order valence-corrected chi connectivity index (χ0v) is 10.5. The highest BCUT2D eigenvalue weighted by atomic mass is 35.5. The normalized spacial score (nSPS) is 21.3. The van der Waals surface area contributed by atoms with Gasteiger partial charge in [0.25, 0.3) is 0 Å². The van der Waals surface area contributed by atoms with E-state index >= 15 is 0 Å². The van der Waals surface area contributed by atoms with Gasteiger partial charge in [-0.25, -0.2) is 13.1 Å². The molecule has 0 aromatic carbocycles. The summed E-state index contributed by atoms with van der Waals surface area (Å²) in [5.74, 6) is 0.150. The Bertz CT molecular complexity index is 253. The Hall–Kier alpha value is 0.120. The summed E-state index contributed by atoms with van der Waals surface area (Å²) in [5.41, 5.74) is 0. The lowest BCUT2D eigenvalue weighted by atomic mass is 10.3. The second kappa shape index (κ2) is 7.40. The lowest BCUT2D eigenvalue weighted by Gasteiger charge is -2.11. The number of rotatable bonds is 6. The number of hydrogen-bond acceptors (Lipinski definition) is 4. The molecule has 5 nitrogen and oxygen atoms in total. The van der Waals surface area contributed by atoms with Crippen LogP contribution in [0.15, 0.2) is 0 Å². The Morgan fingerprint density at radius 3 is 2.80 bits per heavy atom. The van der Waals surface area contributed by atoms with Crippen molar-refractivity contribution < 1.29 is 13.2 Å². The Morgan fingerprint density at radius 1 is 1.53 bits per heavy atom. The summed E-state index contributed by atoms with van der Waals surface area (Å²) in [4.78, 5) is 0. The van der Waals surface area contributed by atoms with Crippen molar-refractivity contribution in [1.82, 2.24) is 10.0 Å². The van der Waals surface area contributed by atoms with Crippen LogP contribution in [0.2, 0.25) is 0 Å². The van der Waals surface area contributed by atoms with Gasteiger partial charge in [-0.05, 0) is 19.4 Å². The molecule has 0 aromatic heterocycles. The number of halogens is 1. The maximum Gasteiger partial charge on any atom is 0.211 e. The Morgan fingerprint density at radius 2 is 2.27 bits per heavy atom. The molecule has 0 radical (unpaired) electrons. The second-order valence-electron chi connectivity index (χ2n) is 3.47. The predicted molar refractivity (Wildman–Crippen MR) is 61.9 cm³/mol. The van der Waals surface area contributed by atoms with Gasteiger partial charge in [0.05, 0.1) is 5.75 Å². The van der Waals surface area contributed by atoms with Crippen LogP contribution < -0.4 is 10.0 Å². The maximum absolute atomic E-state index is 11.5. The molecule has 0 saturated carbocycles. The van der Waals surface area contributed by atoms with Gasteiger partial charge >= 0.3 is 0 Å². The molecule has 1 aliphatic rings. The minimum absolute atomic E-state index is 0. The highest BCUT2D eigenvalue weighted by Crippen LogP contribution is 2.00. The summed E-state index contributed by atoms with van der Waals surface area (Å²) in [7, 11) is -1.54. The average Bonchev–Trinajstić information content (AvgIpc) is 2.56. The van der Waals surface area contributed by atoms with Crippen LogP contribution >= 0.6 is 12.4 Å². The molecule has 1 aliphatic heterocycles. The van der Waals surface area contributed by atoms with Crippen molar-refractivity contribution in [1.29, 1.82) is 0 Å². The molecular weight excluding hydrogens is 240 g/mol. The molecule has 0 bridgehead atoms. The number of methoxy groups -OCH3 is 1. The van der Waals surface area contributed by atoms with E-state index in [2.05, 4.69) is 10.0 Å². The van der Waals surface area contributed by atoms with Crippen molar-refractivity contribution >= 4 is 22.4 Å². The van der Waals surface area contributed by atoms with Crippen molar-refractivity contribution in [3.8, 4) is 0 Å². The molecule has 1 saturated heterocycles. The van der Waals surface area contributed by atoms with E-state index in [-0.39, 0.29) is 24.2 Å². The molecule has 2 N–H and O–H groups in total. The van der Waals surface area contributed by atoms with Gasteiger partial charge in [0.2, 0.25) is 10.0 Å². The Kier molecular flexibility index (Phi) is 7.46. The van der Waals surface area contributed by atoms with Crippen LogP contribution in [0, 0.1) is 0 Å². The van der Waals surface area contributed by atoms with E-state index in [0.717, 1.165) is 19.5 Å². The zero-order valence-electron chi connectivity index (χ0n) is 8.86. The molecule has 0 aromatic rings. The lowest BCUT2D eigenvalue weighted by molar-refractivity contribution is 0.199. The molecule has 1 fully saturated rings. The first-order valence-corrected chi connectivity index (χ1v) is 6.49. The molecule has 7 heteroatoms. The smallest absolute Gasteiger partial charge is 0.211 e. The van der Waals surface area contributed by atoms with Gasteiger partial charge in [0, 0.05) is 26.3 Å². The van der Waals surface area contributed by atoms with Crippen LogP contribution in [0.5, 0.6) is 0 Å². The number of hydrogen-bond donors (Lipinski definition) is 2. The topological polar surface area (TPSA) is 67.4 Å². The van der Waals surface area contributed by atoms with Gasteiger partial charge in [0.1, 0.15) is 0 Å². The summed E-state index contributed by atoms with van der Waals surface area (Å²) in [5, 5.41) is 3.11. The second-order valence-corrected chi connectivity index (χ2v) is 5.35. The van der Waals surface area contributed by atoms with Gasteiger partial charge < -0.3 is 10.1 Å². The van der Waals surface area contributed by atoms with Gasteiger partial charge in [-0.2, -0.15) is 0 Å². The van der Waals surface area contributed by atoms with E-state index < -0.39 is 10.0 Å². The molecule has 92 valence electrons. The van der Waals surface area contributed by atoms with Gasteiger partial charge in [-0.3, -0.25) is 0 Å². The first-order valence-electron chi connectivity index (χ1n) is 4.84. The molecule has 1 rings (SSSR count). The van der Waals surface area contributed by atoms with Crippen molar-refractivity contribution in [3.05, 3.63) is 0 Å². The Labute approximate surface area is 97.4 Å². The van der Waals surface area contributed by atoms with E-state index in [1.807, 2.05) is 0 Å². The van der Waals surface area contributed by atoms with E-state index in [1.54, 1.807) is 7.11 Å². The van der Waals surface area contributed by atoms with Crippen LogP contribution in [0.25, 0.3) is 0 Å². The van der Waals surface area contributed by atoms with Crippen LogP contribution in [0.4, 0.5) is 0 Å². The summed E-state index contributed by atoms with van der Waals surface area (Å²) in [6, 6.07) is 0.0718. The van der Waals surface area contributed by atoms with Gasteiger partial charge in [0.15, 0.2) is 0 Å². The fourth-order valence-electron chi connectivity index (χ4n) is 1.46. The van der Waals surface area contributed by atoms with E-state index in [4.69, 9.17) is 4.74 Å². The van der Waals surface area contributed by atoms with Crippen LogP contribution in [-0.4, -0.2) is 47.0 Å². The highest BCUT2D eigenvalue weighted by molar-refractivity contribution is 7.89. The van der Waals surface area contributed by atoms with Crippen LogP contribution in [-0.2, 0) is 14.8 Å². The maximum atomic E-state index is 11.5. The minimum atomic E-state index is -3.11. The molecule has 0 spiro atoms. The SMILES string of the molecule is COCCCS(=O)(=O)NC1CCNC1.Cl. The molecule has 0 aliphatic carbocycles. The largest absolute Gasteiger partial charge is 0.385 e. The van der Waals surface area contributed by atoms with Crippen LogP contribution in [0.1, 0.15) is 12.8 Å². The zero-order chi connectivity index (χ0) is 10.4. The third-order valence-electron chi connectivity index (χ3n) is 2.17. The van der Waals surface area contributed by atoms with Gasteiger partial charge in [-0.15, -0.1) is 12.4 Å². The van der Waals surface area contributed by atoms with E-state index in [0.29, 0.717) is 13.0 Å². The molecule has 0 amide bonds. The monoisotopic (exact) mass is 258 g/mol. The predicted octanol–water partition coefficient (Wildman–Crippen LogP) is -0.274. The Balaban J connectivity index is 0.00000196. The lowest BCUT2D eigenvalue weighted by Crippen LogP contribution is -2.37. The molecule has 15 heavy (non-hydrogen) atoms. The molecule has 1 heterocycles. The first-order chi connectivity index (χ1) is 6.64. The first kappa shape index (κ1) is 15.1. The average molecular weight is 259 g/mol. The fourth-order valence-corrected chi connectivity index (χ4v) is 2.79. The fraction of sp³-hybridized carbons (Fsp3) is 1.00. The summed E-state index contributed by atoms with van der Waals surface area (Å²) in [6.07, 6.45) is 1.43. The summed E-state index contributed by atoms with van der Waals surface area (Å²) >= 11 is 0. The number of nitrogens with one attached hydrogen (secondary N) is 2. The van der Waals surface area contributed by atoms with Crippen molar-refractivity contribution in [2.75, 3.05) is 32.6 Å². The van der Waals surface area contributed by atoms with E-state index in [9.17, 15) is 8.42 Å². The van der Waals surface area contributed by atoms with Crippen molar-refractivity contribution in [2.24, 2.45) is 0 Å². The minimum Gasteiger partial charge on any atom is -0.385 e. The van der Waals surface area contributed by atoms with E-state index in [1.165, 1.54) is 0 Å². The summed E-state index contributed by atoms with van der Waals surface area (Å²) in [6.45, 7) is 2.12. The number of sulfonamides is 1. The molecular formula is C8H19ClN2O3S. The van der Waals surface area contributed by atoms with Crippen LogP contribution in [0.3, 0.4) is 0 Å². The highest BCUT2D eigenvalue weighted by Gasteiger charge is 2.20. The standard InChI is InChI=1S/C8H18N2O3S.ClH/c1-13-5-2-6-14(11,12)10-8-3-4-9-7-8;/h8-10H,2-7H2,1H3;1H. The van der Waals surface area contributed by atoms with Gasteiger partial charge in [-0.1, -0.05) is 0 Å². The molecule has 1 unspecified atom stereocenters. The third-order valence-corrected chi connectivity index (χ3v) is 3.69. The number of ether oxygens (including phenoxy) is 1. The van der Waals surface area contributed by atoms with Crippen molar-refractivity contribution in [2.45, 2.75) is 18.9 Å². The third kappa shape index (κ3) is 6.32. The van der Waals surface area contributed by atoms with Crippen molar-refractivity contribution in [3.63, 3.8) is 0 Å². The molecule has 1 atom stereocenters. The quantitative estimate of drug-likeness (QED) is 0.644.